The van der Waals surface area contributed by atoms with E-state index >= 15 is 0 Å². The second-order valence-electron chi connectivity index (χ2n) is 4.37. The number of rotatable bonds is 4. The highest BCUT2D eigenvalue weighted by Crippen LogP contribution is 2.10. The van der Waals surface area contributed by atoms with E-state index in [4.69, 9.17) is 0 Å². The van der Waals surface area contributed by atoms with Crippen LogP contribution in [0.1, 0.15) is 5.56 Å². The topological polar surface area (TPSA) is 95.9 Å². The molecule has 0 bridgehead atoms. The van der Waals surface area contributed by atoms with Crippen molar-refractivity contribution in [2.45, 2.75) is 0 Å². The Morgan fingerprint density at radius 1 is 1.09 bits per heavy atom. The van der Waals surface area contributed by atoms with Crippen LogP contribution in [-0.2, 0) is 0 Å². The molecule has 3 aromatic rings. The summed E-state index contributed by atoms with van der Waals surface area (Å²) in [6.07, 6.45) is 4.91. The number of pyridine rings is 1. The second kappa shape index (κ2) is 6.40. The van der Waals surface area contributed by atoms with Gasteiger partial charge in [0, 0.05) is 23.5 Å². The van der Waals surface area contributed by atoms with E-state index in [1.807, 2.05) is 24.3 Å². The molecule has 0 fully saturated rings. The van der Waals surface area contributed by atoms with E-state index in [1.54, 1.807) is 36.8 Å². The molecule has 0 radical (unpaired) electrons. The van der Waals surface area contributed by atoms with Crippen LogP contribution in [0.2, 0.25) is 0 Å². The van der Waals surface area contributed by atoms with Crippen molar-refractivity contribution in [1.29, 1.82) is 0 Å². The highest BCUT2D eigenvalue weighted by atomic mass is 16.1. The quantitative estimate of drug-likeness (QED) is 0.563. The first-order valence-corrected chi connectivity index (χ1v) is 6.54. The second-order valence-corrected chi connectivity index (χ2v) is 4.37. The van der Waals surface area contributed by atoms with E-state index in [1.165, 1.54) is 0 Å². The number of hydrogen-bond donors (Lipinski definition) is 2. The zero-order valence-electron chi connectivity index (χ0n) is 11.5. The maximum atomic E-state index is 12.0. The zero-order chi connectivity index (χ0) is 15.2. The number of benzene rings is 1. The van der Waals surface area contributed by atoms with Crippen LogP contribution in [0.5, 0.6) is 0 Å². The van der Waals surface area contributed by atoms with Gasteiger partial charge < -0.3 is 0 Å². The molecule has 108 valence electrons. The minimum atomic E-state index is -0.333. The lowest BCUT2D eigenvalue weighted by molar-refractivity contribution is 0.947. The molecule has 1 aromatic carbocycles. The molecular weight excluding hydrogens is 280 g/mol. The van der Waals surface area contributed by atoms with Crippen molar-refractivity contribution < 1.29 is 0 Å². The van der Waals surface area contributed by atoms with Crippen LogP contribution in [0.4, 0.5) is 5.95 Å². The molecule has 2 N–H and O–H groups in total. The van der Waals surface area contributed by atoms with Crippen LogP contribution in [0.25, 0.3) is 11.3 Å². The van der Waals surface area contributed by atoms with E-state index in [2.05, 4.69) is 30.7 Å². The average molecular weight is 292 g/mol. The van der Waals surface area contributed by atoms with Crippen LogP contribution < -0.4 is 11.0 Å². The third kappa shape index (κ3) is 3.21. The number of hydrazone groups is 1. The van der Waals surface area contributed by atoms with E-state index < -0.39 is 0 Å². The third-order valence-corrected chi connectivity index (χ3v) is 2.81. The summed E-state index contributed by atoms with van der Waals surface area (Å²) in [5, 5.41) is 11.8. The van der Waals surface area contributed by atoms with Crippen LogP contribution in [-0.4, -0.2) is 26.4 Å². The number of anilines is 1. The Hall–Kier alpha value is -3.35. The van der Waals surface area contributed by atoms with E-state index in [0.29, 0.717) is 5.56 Å². The smallest absolute Gasteiger partial charge is 0.279 e. The lowest BCUT2D eigenvalue weighted by atomic mass is 10.2. The number of nitrogens with zero attached hydrogens (tertiary/aromatic N) is 4. The number of hydrogen-bond acceptors (Lipinski definition) is 6. The van der Waals surface area contributed by atoms with Crippen molar-refractivity contribution in [3.8, 4) is 11.3 Å². The summed E-state index contributed by atoms with van der Waals surface area (Å²) in [7, 11) is 0. The van der Waals surface area contributed by atoms with E-state index in [-0.39, 0.29) is 17.2 Å². The van der Waals surface area contributed by atoms with Gasteiger partial charge >= 0.3 is 0 Å². The van der Waals surface area contributed by atoms with Gasteiger partial charge in [0.25, 0.3) is 5.56 Å². The first-order chi connectivity index (χ1) is 10.8. The first kappa shape index (κ1) is 13.6. The minimum absolute atomic E-state index is 0.171. The van der Waals surface area contributed by atoms with Crippen LogP contribution in [0.3, 0.4) is 0 Å². The van der Waals surface area contributed by atoms with Gasteiger partial charge in [0.1, 0.15) is 0 Å². The molecule has 22 heavy (non-hydrogen) atoms. The molecule has 0 aliphatic rings. The lowest BCUT2D eigenvalue weighted by Gasteiger charge is -2.01. The van der Waals surface area contributed by atoms with Crippen molar-refractivity contribution in [3.63, 3.8) is 0 Å². The fourth-order valence-corrected chi connectivity index (χ4v) is 1.79. The Balaban J connectivity index is 1.76. The number of H-pyrrole nitrogens is 1. The Bertz CT molecular complexity index is 829. The zero-order valence-corrected chi connectivity index (χ0v) is 11.5. The van der Waals surface area contributed by atoms with Gasteiger partial charge in [-0.2, -0.15) is 5.10 Å². The molecule has 0 saturated heterocycles. The summed E-state index contributed by atoms with van der Waals surface area (Å²) in [6, 6.07) is 12.8. The summed E-state index contributed by atoms with van der Waals surface area (Å²) in [4.78, 5) is 18.6. The van der Waals surface area contributed by atoms with E-state index in [0.717, 1.165) is 5.56 Å². The SMILES string of the molecule is O=c1[nH]c(NN=Cc2cccnc2)nnc1-c1ccccc1. The molecule has 0 spiro atoms. The average Bonchev–Trinajstić information content (AvgIpc) is 2.57. The molecule has 7 nitrogen and oxygen atoms in total. The summed E-state index contributed by atoms with van der Waals surface area (Å²) >= 11 is 0. The van der Waals surface area contributed by atoms with Crippen molar-refractivity contribution in [1.82, 2.24) is 20.2 Å². The Morgan fingerprint density at radius 3 is 2.68 bits per heavy atom. The molecule has 2 heterocycles. The molecule has 0 saturated carbocycles. The summed E-state index contributed by atoms with van der Waals surface area (Å²) < 4.78 is 0. The minimum Gasteiger partial charge on any atom is -0.288 e. The fraction of sp³-hybridized carbons (Fsp3) is 0. The van der Waals surface area contributed by atoms with Crippen molar-refractivity contribution in [2.24, 2.45) is 5.10 Å². The van der Waals surface area contributed by atoms with Gasteiger partial charge in [-0.15, -0.1) is 10.2 Å². The maximum absolute atomic E-state index is 12.0. The van der Waals surface area contributed by atoms with E-state index in [9.17, 15) is 4.79 Å². The van der Waals surface area contributed by atoms with Crippen LogP contribution >= 0.6 is 0 Å². The first-order valence-electron chi connectivity index (χ1n) is 6.54. The molecule has 0 amide bonds. The van der Waals surface area contributed by atoms with Gasteiger partial charge in [0.05, 0.1) is 6.21 Å². The molecule has 0 atom stereocenters. The molecule has 7 heteroatoms. The van der Waals surface area contributed by atoms with Crippen molar-refractivity contribution in [3.05, 3.63) is 70.8 Å². The van der Waals surface area contributed by atoms with Crippen LogP contribution in [0, 0.1) is 0 Å². The number of nitrogens with one attached hydrogen (secondary N) is 2. The Labute approximate surface area is 125 Å². The normalized spacial score (nSPS) is 10.7. The fourth-order valence-electron chi connectivity index (χ4n) is 1.79. The van der Waals surface area contributed by atoms with Gasteiger partial charge in [-0.05, 0) is 6.07 Å². The van der Waals surface area contributed by atoms with Gasteiger partial charge in [-0.3, -0.25) is 14.8 Å². The summed E-state index contributed by atoms with van der Waals surface area (Å²) in [6.45, 7) is 0. The predicted molar refractivity (Wildman–Crippen MR) is 83.5 cm³/mol. The monoisotopic (exact) mass is 292 g/mol. The highest BCUT2D eigenvalue weighted by molar-refractivity contribution is 5.79. The Kier molecular flexibility index (Phi) is 3.96. The largest absolute Gasteiger partial charge is 0.288 e. The van der Waals surface area contributed by atoms with Crippen molar-refractivity contribution in [2.75, 3.05) is 5.43 Å². The lowest BCUT2D eigenvalue weighted by Crippen LogP contribution is -2.15. The molecule has 0 unspecified atom stereocenters. The van der Waals surface area contributed by atoms with Crippen LogP contribution in [0.15, 0.2) is 64.8 Å². The highest BCUT2D eigenvalue weighted by Gasteiger charge is 2.06. The third-order valence-electron chi connectivity index (χ3n) is 2.81. The number of aromatic amines is 1. The maximum Gasteiger partial charge on any atom is 0.279 e. The molecule has 0 aliphatic heterocycles. The molecule has 2 aromatic heterocycles. The van der Waals surface area contributed by atoms with Gasteiger partial charge in [0.15, 0.2) is 5.69 Å². The predicted octanol–water partition coefficient (Wildman–Crippen LogP) is 1.67. The summed E-state index contributed by atoms with van der Waals surface area (Å²) in [5.74, 6) is 0.171. The number of aromatic nitrogens is 4. The van der Waals surface area contributed by atoms with Crippen molar-refractivity contribution >= 4 is 12.2 Å². The molecular formula is C15H12N6O. The standard InChI is InChI=1S/C15H12N6O/c22-14-13(12-6-2-1-3-7-12)19-21-15(18-14)20-17-10-11-5-4-8-16-9-11/h1-10H,(H2,18,20,21,22). The molecule has 3 rings (SSSR count). The van der Waals surface area contributed by atoms with Gasteiger partial charge in [0.2, 0.25) is 5.95 Å². The Morgan fingerprint density at radius 2 is 1.95 bits per heavy atom. The van der Waals surface area contributed by atoms with Gasteiger partial charge in [-0.1, -0.05) is 36.4 Å². The summed E-state index contributed by atoms with van der Waals surface area (Å²) in [5.41, 5.74) is 4.09. The van der Waals surface area contributed by atoms with Gasteiger partial charge in [-0.25, -0.2) is 5.43 Å². The molecule has 0 aliphatic carbocycles.